The molecule has 19 heavy (non-hydrogen) atoms. The fourth-order valence-electron chi connectivity index (χ4n) is 2.14. The number of carbonyl (C=O) groups excluding carboxylic acids is 1. The first kappa shape index (κ1) is 13.5. The third-order valence-corrected chi connectivity index (χ3v) is 3.05. The summed E-state index contributed by atoms with van der Waals surface area (Å²) in [6.07, 6.45) is 0. The maximum absolute atomic E-state index is 12.4. The second kappa shape index (κ2) is 6.31. The minimum atomic E-state index is -0.167. The van der Waals surface area contributed by atoms with E-state index < -0.39 is 0 Å². The van der Waals surface area contributed by atoms with Crippen molar-refractivity contribution in [2.24, 2.45) is 0 Å². The predicted octanol–water partition coefficient (Wildman–Crippen LogP) is 1.27. The zero-order valence-corrected chi connectivity index (χ0v) is 10.6. The number of hydrogen-bond donors (Lipinski definition) is 2. The standard InChI is InChI=1S/C15H17NO3/c17-10-8-16(9-11-18)15(19)14-7-3-5-12-4-1-2-6-13(12)14/h1-7,17-18H,8-11H2. The van der Waals surface area contributed by atoms with Crippen molar-refractivity contribution in [2.45, 2.75) is 0 Å². The number of aliphatic hydroxyl groups is 2. The van der Waals surface area contributed by atoms with Gasteiger partial charge in [-0.25, -0.2) is 0 Å². The first-order chi connectivity index (χ1) is 9.27. The SMILES string of the molecule is O=C(c1cccc2ccccc12)N(CCO)CCO. The second-order valence-electron chi connectivity index (χ2n) is 4.27. The molecule has 2 N–H and O–H groups in total. The van der Waals surface area contributed by atoms with Crippen LogP contribution >= 0.6 is 0 Å². The molecule has 0 aliphatic rings. The first-order valence-electron chi connectivity index (χ1n) is 6.26. The molecule has 1 amide bonds. The lowest BCUT2D eigenvalue weighted by molar-refractivity contribution is 0.0687. The maximum Gasteiger partial charge on any atom is 0.254 e. The van der Waals surface area contributed by atoms with Crippen LogP contribution in [0.3, 0.4) is 0 Å². The summed E-state index contributed by atoms with van der Waals surface area (Å²) in [5, 5.41) is 19.9. The summed E-state index contributed by atoms with van der Waals surface area (Å²) in [7, 11) is 0. The molecule has 100 valence electrons. The molecule has 2 aromatic carbocycles. The molecule has 0 aliphatic heterocycles. The Morgan fingerprint density at radius 2 is 1.58 bits per heavy atom. The average molecular weight is 259 g/mol. The van der Waals surface area contributed by atoms with Gasteiger partial charge in [-0.1, -0.05) is 36.4 Å². The van der Waals surface area contributed by atoms with Crippen molar-refractivity contribution in [3.63, 3.8) is 0 Å². The molecule has 0 aromatic heterocycles. The van der Waals surface area contributed by atoms with E-state index in [1.54, 1.807) is 6.07 Å². The number of aliphatic hydroxyl groups excluding tert-OH is 2. The normalized spacial score (nSPS) is 10.6. The van der Waals surface area contributed by atoms with E-state index in [9.17, 15) is 4.79 Å². The Kier molecular flexibility index (Phi) is 4.49. The van der Waals surface area contributed by atoms with E-state index in [4.69, 9.17) is 10.2 Å². The van der Waals surface area contributed by atoms with E-state index in [1.807, 2.05) is 36.4 Å². The number of carbonyl (C=O) groups is 1. The van der Waals surface area contributed by atoms with Gasteiger partial charge >= 0.3 is 0 Å². The fraction of sp³-hybridized carbons (Fsp3) is 0.267. The van der Waals surface area contributed by atoms with E-state index in [-0.39, 0.29) is 32.2 Å². The van der Waals surface area contributed by atoms with Crippen molar-refractivity contribution in [3.05, 3.63) is 48.0 Å². The fourth-order valence-corrected chi connectivity index (χ4v) is 2.14. The smallest absolute Gasteiger partial charge is 0.254 e. The third-order valence-electron chi connectivity index (χ3n) is 3.05. The number of hydrogen-bond acceptors (Lipinski definition) is 3. The Morgan fingerprint density at radius 3 is 2.26 bits per heavy atom. The van der Waals surface area contributed by atoms with Gasteiger partial charge in [-0.05, 0) is 16.8 Å². The maximum atomic E-state index is 12.4. The average Bonchev–Trinajstić information content (AvgIpc) is 2.46. The van der Waals surface area contributed by atoms with Crippen LogP contribution in [0.4, 0.5) is 0 Å². The zero-order valence-electron chi connectivity index (χ0n) is 10.6. The van der Waals surface area contributed by atoms with Gasteiger partial charge in [-0.3, -0.25) is 4.79 Å². The Balaban J connectivity index is 2.39. The molecule has 0 saturated heterocycles. The summed E-state index contributed by atoms with van der Waals surface area (Å²) < 4.78 is 0. The number of amides is 1. The van der Waals surface area contributed by atoms with E-state index in [2.05, 4.69) is 0 Å². The molecule has 0 bridgehead atoms. The highest BCUT2D eigenvalue weighted by molar-refractivity contribution is 6.07. The molecule has 0 spiro atoms. The van der Waals surface area contributed by atoms with Gasteiger partial charge in [0.25, 0.3) is 5.91 Å². The molecule has 0 aliphatic carbocycles. The van der Waals surface area contributed by atoms with Gasteiger partial charge in [-0.15, -0.1) is 0 Å². The summed E-state index contributed by atoms with van der Waals surface area (Å²) in [6.45, 7) is 0.220. The van der Waals surface area contributed by atoms with E-state index in [0.717, 1.165) is 10.8 Å². The topological polar surface area (TPSA) is 60.8 Å². The van der Waals surface area contributed by atoms with E-state index in [1.165, 1.54) is 4.90 Å². The largest absolute Gasteiger partial charge is 0.395 e. The summed E-state index contributed by atoms with van der Waals surface area (Å²) in [5.74, 6) is -0.167. The van der Waals surface area contributed by atoms with Crippen LogP contribution in [0.15, 0.2) is 42.5 Å². The van der Waals surface area contributed by atoms with Gasteiger partial charge in [0.15, 0.2) is 0 Å². The highest BCUT2D eigenvalue weighted by Gasteiger charge is 2.16. The van der Waals surface area contributed by atoms with Crippen LogP contribution in [-0.4, -0.2) is 47.3 Å². The number of nitrogens with zero attached hydrogens (tertiary/aromatic N) is 1. The molecule has 0 fully saturated rings. The summed E-state index contributed by atoms with van der Waals surface area (Å²) >= 11 is 0. The Morgan fingerprint density at radius 1 is 0.947 bits per heavy atom. The molecule has 0 atom stereocenters. The number of rotatable bonds is 5. The van der Waals surface area contributed by atoms with Gasteiger partial charge in [0.2, 0.25) is 0 Å². The van der Waals surface area contributed by atoms with Gasteiger partial charge in [0, 0.05) is 18.7 Å². The van der Waals surface area contributed by atoms with E-state index >= 15 is 0 Å². The number of benzene rings is 2. The van der Waals surface area contributed by atoms with Crippen molar-refractivity contribution in [2.75, 3.05) is 26.3 Å². The highest BCUT2D eigenvalue weighted by atomic mass is 16.3. The Labute approximate surface area is 111 Å². The first-order valence-corrected chi connectivity index (χ1v) is 6.26. The third kappa shape index (κ3) is 2.92. The molecule has 0 unspecified atom stereocenters. The second-order valence-corrected chi connectivity index (χ2v) is 4.27. The van der Waals surface area contributed by atoms with Crippen molar-refractivity contribution < 1.29 is 15.0 Å². The van der Waals surface area contributed by atoms with Crippen molar-refractivity contribution >= 4 is 16.7 Å². The van der Waals surface area contributed by atoms with Gasteiger partial charge in [0.1, 0.15) is 0 Å². The molecule has 4 nitrogen and oxygen atoms in total. The minimum Gasteiger partial charge on any atom is -0.395 e. The molecule has 0 heterocycles. The molecular weight excluding hydrogens is 242 g/mol. The monoisotopic (exact) mass is 259 g/mol. The van der Waals surface area contributed by atoms with Gasteiger partial charge in [0.05, 0.1) is 13.2 Å². The Hall–Kier alpha value is -1.91. The molecule has 0 saturated carbocycles. The molecule has 2 rings (SSSR count). The molecule has 0 radical (unpaired) electrons. The molecule has 4 heteroatoms. The minimum absolute atomic E-state index is 0.115. The summed E-state index contributed by atoms with van der Waals surface area (Å²) in [5.41, 5.74) is 0.597. The van der Waals surface area contributed by atoms with E-state index in [0.29, 0.717) is 5.56 Å². The van der Waals surface area contributed by atoms with Crippen molar-refractivity contribution in [1.82, 2.24) is 4.90 Å². The van der Waals surface area contributed by atoms with Crippen LogP contribution in [0, 0.1) is 0 Å². The summed E-state index contributed by atoms with van der Waals surface area (Å²) in [4.78, 5) is 13.9. The van der Waals surface area contributed by atoms with Crippen LogP contribution in [-0.2, 0) is 0 Å². The molecule has 2 aromatic rings. The zero-order chi connectivity index (χ0) is 13.7. The van der Waals surface area contributed by atoms with Gasteiger partial charge in [-0.2, -0.15) is 0 Å². The summed E-state index contributed by atoms with van der Waals surface area (Å²) in [6, 6.07) is 13.2. The lowest BCUT2D eigenvalue weighted by atomic mass is 10.0. The van der Waals surface area contributed by atoms with Gasteiger partial charge < -0.3 is 15.1 Å². The van der Waals surface area contributed by atoms with Crippen molar-refractivity contribution in [3.8, 4) is 0 Å². The lowest BCUT2D eigenvalue weighted by Gasteiger charge is -2.21. The van der Waals surface area contributed by atoms with Crippen molar-refractivity contribution in [1.29, 1.82) is 0 Å². The lowest BCUT2D eigenvalue weighted by Crippen LogP contribution is -2.35. The quantitative estimate of drug-likeness (QED) is 0.850. The van der Waals surface area contributed by atoms with Crippen LogP contribution in [0.5, 0.6) is 0 Å². The van der Waals surface area contributed by atoms with Crippen LogP contribution in [0.25, 0.3) is 10.8 Å². The predicted molar refractivity (Wildman–Crippen MR) is 74.0 cm³/mol. The van der Waals surface area contributed by atoms with Crippen LogP contribution < -0.4 is 0 Å². The highest BCUT2D eigenvalue weighted by Crippen LogP contribution is 2.19. The van der Waals surface area contributed by atoms with Crippen LogP contribution in [0.1, 0.15) is 10.4 Å². The Bertz CT molecular complexity index is 557. The molecular formula is C15H17NO3. The number of fused-ring (bicyclic) bond motifs is 1. The van der Waals surface area contributed by atoms with Crippen LogP contribution in [0.2, 0.25) is 0 Å².